The summed E-state index contributed by atoms with van der Waals surface area (Å²) in [6, 6.07) is 20.8. The summed E-state index contributed by atoms with van der Waals surface area (Å²) in [4.78, 5) is 27.7. The second-order valence-corrected chi connectivity index (χ2v) is 7.81. The number of hydrogen-bond donors (Lipinski definition) is 1. The molecule has 0 aromatic heterocycles. The summed E-state index contributed by atoms with van der Waals surface area (Å²) >= 11 is 6.09. The molecular formula is C25H20ClNO3. The third-order valence-electron chi connectivity index (χ3n) is 5.31. The Hall–Kier alpha value is -3.37. The summed E-state index contributed by atoms with van der Waals surface area (Å²) in [6.07, 6.45) is 0. The zero-order chi connectivity index (χ0) is 21.4. The standard InChI is InChI=1S/C25H20ClNO3/c1-15-7-5-11-19(13-15)27-22(20-12-4-3-8-16(20)2)21(24(29)25(27)30)23(28)17-9-6-10-18(26)14-17/h3-14,22,28H,1-2H3/b23-21+. The number of carbonyl (C=O) groups is 2. The summed E-state index contributed by atoms with van der Waals surface area (Å²) in [5.41, 5.74) is 3.71. The van der Waals surface area contributed by atoms with E-state index >= 15 is 0 Å². The monoisotopic (exact) mass is 417 g/mol. The molecule has 5 heteroatoms. The first kappa shape index (κ1) is 19.9. The van der Waals surface area contributed by atoms with Crippen molar-refractivity contribution in [1.29, 1.82) is 0 Å². The lowest BCUT2D eigenvalue weighted by atomic mass is 9.92. The lowest BCUT2D eigenvalue weighted by molar-refractivity contribution is -0.132. The first-order valence-corrected chi connectivity index (χ1v) is 9.95. The zero-order valence-electron chi connectivity index (χ0n) is 16.6. The molecule has 1 amide bonds. The van der Waals surface area contributed by atoms with Crippen LogP contribution in [0.3, 0.4) is 0 Å². The van der Waals surface area contributed by atoms with E-state index in [0.29, 0.717) is 16.3 Å². The molecule has 1 N–H and O–H groups in total. The van der Waals surface area contributed by atoms with Crippen molar-refractivity contribution >= 4 is 34.7 Å². The molecule has 0 radical (unpaired) electrons. The number of Topliss-reactive ketones (excluding diaryl/α,β-unsaturated/α-hetero) is 1. The molecule has 1 aliphatic heterocycles. The number of carbonyl (C=O) groups excluding carboxylic acids is 2. The van der Waals surface area contributed by atoms with Crippen molar-refractivity contribution in [2.45, 2.75) is 19.9 Å². The molecule has 1 fully saturated rings. The maximum absolute atomic E-state index is 13.1. The Kier molecular flexibility index (Phi) is 5.18. The van der Waals surface area contributed by atoms with E-state index < -0.39 is 17.7 Å². The lowest BCUT2D eigenvalue weighted by Crippen LogP contribution is -2.29. The van der Waals surface area contributed by atoms with Crippen LogP contribution in [-0.2, 0) is 9.59 Å². The highest BCUT2D eigenvalue weighted by Gasteiger charge is 2.47. The molecule has 1 aliphatic rings. The second kappa shape index (κ2) is 7.81. The van der Waals surface area contributed by atoms with Crippen LogP contribution in [0.4, 0.5) is 5.69 Å². The molecule has 1 saturated heterocycles. The van der Waals surface area contributed by atoms with Crippen molar-refractivity contribution in [2.75, 3.05) is 4.90 Å². The molecular weight excluding hydrogens is 398 g/mol. The normalized spacial score (nSPS) is 18.1. The van der Waals surface area contributed by atoms with Crippen LogP contribution in [0, 0.1) is 13.8 Å². The quantitative estimate of drug-likeness (QED) is 0.343. The van der Waals surface area contributed by atoms with Gasteiger partial charge in [-0.05, 0) is 54.8 Å². The van der Waals surface area contributed by atoms with Gasteiger partial charge >= 0.3 is 0 Å². The van der Waals surface area contributed by atoms with E-state index in [4.69, 9.17) is 11.6 Å². The molecule has 4 rings (SSSR count). The highest BCUT2D eigenvalue weighted by Crippen LogP contribution is 2.43. The minimum atomic E-state index is -0.744. The van der Waals surface area contributed by atoms with E-state index in [2.05, 4.69) is 0 Å². The van der Waals surface area contributed by atoms with Crippen LogP contribution in [0.2, 0.25) is 5.02 Å². The minimum Gasteiger partial charge on any atom is -0.507 e. The van der Waals surface area contributed by atoms with Gasteiger partial charge in [0.05, 0.1) is 11.6 Å². The van der Waals surface area contributed by atoms with Crippen molar-refractivity contribution in [1.82, 2.24) is 0 Å². The van der Waals surface area contributed by atoms with Gasteiger partial charge in [0.2, 0.25) is 0 Å². The summed E-state index contributed by atoms with van der Waals surface area (Å²) in [7, 11) is 0. The molecule has 0 aliphatic carbocycles. The predicted octanol–water partition coefficient (Wildman–Crippen LogP) is 5.58. The summed E-state index contributed by atoms with van der Waals surface area (Å²) < 4.78 is 0. The van der Waals surface area contributed by atoms with Crippen molar-refractivity contribution in [3.05, 3.63) is 106 Å². The molecule has 30 heavy (non-hydrogen) atoms. The van der Waals surface area contributed by atoms with Gasteiger partial charge in [-0.2, -0.15) is 0 Å². The molecule has 0 saturated carbocycles. The Bertz CT molecular complexity index is 1200. The van der Waals surface area contributed by atoms with Crippen molar-refractivity contribution < 1.29 is 14.7 Å². The Labute approximate surface area is 180 Å². The first-order valence-electron chi connectivity index (χ1n) is 9.57. The molecule has 4 nitrogen and oxygen atoms in total. The number of rotatable bonds is 3. The number of anilines is 1. The number of nitrogens with zero attached hydrogens (tertiary/aromatic N) is 1. The maximum Gasteiger partial charge on any atom is 0.300 e. The smallest absolute Gasteiger partial charge is 0.300 e. The van der Waals surface area contributed by atoms with Gasteiger partial charge in [-0.15, -0.1) is 0 Å². The summed E-state index contributed by atoms with van der Waals surface area (Å²) in [6.45, 7) is 3.85. The highest BCUT2D eigenvalue weighted by molar-refractivity contribution is 6.51. The van der Waals surface area contributed by atoms with Crippen LogP contribution >= 0.6 is 11.6 Å². The van der Waals surface area contributed by atoms with E-state index in [1.807, 2.05) is 56.3 Å². The zero-order valence-corrected chi connectivity index (χ0v) is 17.4. The van der Waals surface area contributed by atoms with E-state index in [0.717, 1.165) is 16.7 Å². The third kappa shape index (κ3) is 3.40. The molecule has 1 atom stereocenters. The first-order chi connectivity index (χ1) is 14.4. The summed E-state index contributed by atoms with van der Waals surface area (Å²) in [5.74, 6) is -1.63. The fraction of sp³-hybridized carbons (Fsp3) is 0.120. The number of aliphatic hydroxyl groups is 1. The van der Waals surface area contributed by atoms with Gasteiger partial charge in [-0.3, -0.25) is 14.5 Å². The fourth-order valence-electron chi connectivity index (χ4n) is 3.86. The van der Waals surface area contributed by atoms with Gasteiger partial charge in [0.15, 0.2) is 0 Å². The number of aryl methyl sites for hydroxylation is 2. The number of halogens is 1. The Morgan fingerprint density at radius 2 is 1.67 bits per heavy atom. The van der Waals surface area contributed by atoms with Crippen LogP contribution in [0.5, 0.6) is 0 Å². The van der Waals surface area contributed by atoms with Gasteiger partial charge in [0.1, 0.15) is 5.76 Å². The SMILES string of the molecule is Cc1cccc(N2C(=O)C(=O)/C(=C(/O)c3cccc(Cl)c3)C2c2ccccc2C)c1. The van der Waals surface area contributed by atoms with Gasteiger partial charge in [0.25, 0.3) is 11.7 Å². The Morgan fingerprint density at radius 1 is 0.933 bits per heavy atom. The molecule has 0 spiro atoms. The van der Waals surface area contributed by atoms with Gasteiger partial charge < -0.3 is 5.11 Å². The number of hydrogen-bond acceptors (Lipinski definition) is 3. The maximum atomic E-state index is 13.1. The highest BCUT2D eigenvalue weighted by atomic mass is 35.5. The Morgan fingerprint density at radius 3 is 2.37 bits per heavy atom. The van der Waals surface area contributed by atoms with Crippen LogP contribution in [0.15, 0.2) is 78.4 Å². The molecule has 150 valence electrons. The second-order valence-electron chi connectivity index (χ2n) is 7.38. The van der Waals surface area contributed by atoms with E-state index in [1.165, 1.54) is 4.90 Å². The van der Waals surface area contributed by atoms with E-state index in [9.17, 15) is 14.7 Å². The van der Waals surface area contributed by atoms with Crippen molar-refractivity contribution in [3.8, 4) is 0 Å². The van der Waals surface area contributed by atoms with Gasteiger partial charge in [0, 0.05) is 16.3 Å². The molecule has 3 aromatic carbocycles. The minimum absolute atomic E-state index is 0.0538. The summed E-state index contributed by atoms with van der Waals surface area (Å²) in [5, 5.41) is 11.5. The molecule has 0 bridgehead atoms. The topological polar surface area (TPSA) is 57.6 Å². The Balaban J connectivity index is 1.99. The van der Waals surface area contributed by atoms with Crippen molar-refractivity contribution in [3.63, 3.8) is 0 Å². The van der Waals surface area contributed by atoms with Crippen LogP contribution < -0.4 is 4.90 Å². The molecule has 1 heterocycles. The third-order valence-corrected chi connectivity index (χ3v) is 5.54. The van der Waals surface area contributed by atoms with Gasteiger partial charge in [-0.25, -0.2) is 0 Å². The average Bonchev–Trinajstić information content (AvgIpc) is 2.98. The molecule has 3 aromatic rings. The number of amides is 1. The molecule has 1 unspecified atom stereocenters. The van der Waals surface area contributed by atoms with Crippen molar-refractivity contribution in [2.24, 2.45) is 0 Å². The predicted molar refractivity (Wildman–Crippen MR) is 119 cm³/mol. The van der Waals surface area contributed by atoms with Gasteiger partial charge in [-0.1, -0.05) is 60.1 Å². The number of ketones is 1. The largest absolute Gasteiger partial charge is 0.507 e. The van der Waals surface area contributed by atoms with E-state index in [-0.39, 0.29) is 11.3 Å². The van der Waals surface area contributed by atoms with Crippen LogP contribution in [0.25, 0.3) is 5.76 Å². The van der Waals surface area contributed by atoms with Crippen LogP contribution in [0.1, 0.15) is 28.3 Å². The number of aliphatic hydroxyl groups excluding tert-OH is 1. The number of benzene rings is 3. The van der Waals surface area contributed by atoms with Crippen LogP contribution in [-0.4, -0.2) is 16.8 Å². The average molecular weight is 418 g/mol. The fourth-order valence-corrected chi connectivity index (χ4v) is 4.05. The lowest BCUT2D eigenvalue weighted by Gasteiger charge is -2.27. The van der Waals surface area contributed by atoms with E-state index in [1.54, 1.807) is 30.3 Å².